The fourth-order valence-corrected chi connectivity index (χ4v) is 3.35. The fourth-order valence-electron chi connectivity index (χ4n) is 1.71. The lowest BCUT2D eigenvalue weighted by molar-refractivity contribution is 0.559. The summed E-state index contributed by atoms with van der Waals surface area (Å²) in [4.78, 5) is 7.73. The second kappa shape index (κ2) is 4.66. The summed E-state index contributed by atoms with van der Waals surface area (Å²) < 4.78 is 22.5. The van der Waals surface area contributed by atoms with Crippen molar-refractivity contribution in [2.24, 2.45) is 0 Å². The fraction of sp³-hybridized carbons (Fsp3) is 0.556. The van der Waals surface area contributed by atoms with Crippen molar-refractivity contribution in [3.05, 3.63) is 11.2 Å². The topological polar surface area (TPSA) is 98.0 Å². The van der Waals surface area contributed by atoms with Gasteiger partial charge in [-0.15, -0.1) is 0 Å². The predicted octanol–water partition coefficient (Wildman–Crippen LogP) is 0.701. The van der Waals surface area contributed by atoms with Crippen molar-refractivity contribution in [1.29, 1.82) is 0 Å². The van der Waals surface area contributed by atoms with Crippen LogP contribution >= 0.6 is 11.6 Å². The number of hydrogen-bond acceptors (Lipinski definition) is 6. The monoisotopic (exact) mass is 276 g/mol. The molecule has 0 bridgehead atoms. The maximum absolute atomic E-state index is 11.3. The molecule has 0 amide bonds. The lowest BCUT2D eigenvalue weighted by Crippen LogP contribution is -2.32. The largest absolute Gasteiger partial charge is 0.368 e. The maximum Gasteiger partial charge on any atom is 0.222 e. The average molecular weight is 277 g/mol. The molecular formula is C9H13ClN4O2S. The normalized spacial score (nSPS) is 20.1. The van der Waals surface area contributed by atoms with Gasteiger partial charge in [0.2, 0.25) is 5.95 Å². The third kappa shape index (κ3) is 3.19. The van der Waals surface area contributed by atoms with Crippen LogP contribution in [0.1, 0.15) is 12.8 Å². The summed E-state index contributed by atoms with van der Waals surface area (Å²) in [6.07, 6.45) is 2.54. The second-order valence-corrected chi connectivity index (χ2v) is 6.71. The zero-order valence-corrected chi connectivity index (χ0v) is 10.6. The molecule has 3 N–H and O–H groups in total. The first-order chi connectivity index (χ1) is 7.96. The number of rotatable bonds is 2. The van der Waals surface area contributed by atoms with Crippen LogP contribution in [0.25, 0.3) is 0 Å². The van der Waals surface area contributed by atoms with Gasteiger partial charge in [-0.1, -0.05) is 11.6 Å². The smallest absolute Gasteiger partial charge is 0.222 e. The van der Waals surface area contributed by atoms with Crippen molar-refractivity contribution in [2.45, 2.75) is 18.9 Å². The molecule has 6 nitrogen and oxygen atoms in total. The van der Waals surface area contributed by atoms with Gasteiger partial charge in [0.25, 0.3) is 0 Å². The molecule has 1 aliphatic rings. The molecule has 1 aliphatic heterocycles. The van der Waals surface area contributed by atoms with E-state index >= 15 is 0 Å². The van der Waals surface area contributed by atoms with E-state index in [-0.39, 0.29) is 23.5 Å². The van der Waals surface area contributed by atoms with Crippen molar-refractivity contribution in [2.75, 3.05) is 22.6 Å². The molecule has 0 saturated carbocycles. The molecule has 2 rings (SSSR count). The van der Waals surface area contributed by atoms with E-state index in [1.165, 1.54) is 6.20 Å². The average Bonchev–Trinajstić information content (AvgIpc) is 2.26. The lowest BCUT2D eigenvalue weighted by atomic mass is 10.1. The Labute approximate surface area is 105 Å². The summed E-state index contributed by atoms with van der Waals surface area (Å²) in [5.41, 5.74) is 5.46. The van der Waals surface area contributed by atoms with Crippen LogP contribution in [0.2, 0.25) is 5.02 Å². The highest BCUT2D eigenvalue weighted by atomic mass is 35.5. The number of hydrogen-bond donors (Lipinski definition) is 2. The summed E-state index contributed by atoms with van der Waals surface area (Å²) in [5.74, 6) is 0.995. The van der Waals surface area contributed by atoms with E-state index < -0.39 is 9.84 Å². The maximum atomic E-state index is 11.3. The van der Waals surface area contributed by atoms with Gasteiger partial charge in [0, 0.05) is 6.04 Å². The zero-order valence-electron chi connectivity index (χ0n) is 9.06. The second-order valence-electron chi connectivity index (χ2n) is 4.00. The van der Waals surface area contributed by atoms with Crippen LogP contribution < -0.4 is 11.1 Å². The number of nitrogens with one attached hydrogen (secondary N) is 1. The van der Waals surface area contributed by atoms with Gasteiger partial charge in [-0.25, -0.2) is 13.4 Å². The number of nitrogen functional groups attached to an aromatic ring is 1. The molecule has 0 spiro atoms. The molecular weight excluding hydrogens is 264 g/mol. The van der Waals surface area contributed by atoms with E-state index in [2.05, 4.69) is 15.3 Å². The highest BCUT2D eigenvalue weighted by Gasteiger charge is 2.24. The molecule has 1 aromatic heterocycles. The zero-order chi connectivity index (χ0) is 12.5. The summed E-state index contributed by atoms with van der Waals surface area (Å²) in [7, 11) is -2.86. The number of nitrogens with two attached hydrogens (primary N) is 1. The first-order valence-electron chi connectivity index (χ1n) is 5.21. The first-order valence-corrected chi connectivity index (χ1v) is 7.41. The highest BCUT2D eigenvalue weighted by Crippen LogP contribution is 2.22. The van der Waals surface area contributed by atoms with Gasteiger partial charge in [0.1, 0.15) is 14.9 Å². The molecule has 0 aromatic carbocycles. The molecule has 8 heteroatoms. The highest BCUT2D eigenvalue weighted by molar-refractivity contribution is 7.91. The van der Waals surface area contributed by atoms with Crippen LogP contribution in [0, 0.1) is 0 Å². The van der Waals surface area contributed by atoms with Crippen LogP contribution in [0.5, 0.6) is 0 Å². The van der Waals surface area contributed by atoms with Gasteiger partial charge in [-0.05, 0) is 12.8 Å². The van der Waals surface area contributed by atoms with Crippen LogP contribution in [0.4, 0.5) is 11.8 Å². The Morgan fingerprint density at radius 3 is 2.71 bits per heavy atom. The number of nitrogens with zero attached hydrogens (tertiary/aromatic N) is 2. The Morgan fingerprint density at radius 1 is 1.41 bits per heavy atom. The Kier molecular flexibility index (Phi) is 3.39. The van der Waals surface area contributed by atoms with E-state index in [9.17, 15) is 8.42 Å². The van der Waals surface area contributed by atoms with Crippen LogP contribution in [-0.2, 0) is 9.84 Å². The number of sulfone groups is 1. The number of aromatic nitrogens is 2. The molecule has 94 valence electrons. The number of halogens is 1. The molecule has 2 heterocycles. The number of anilines is 2. The van der Waals surface area contributed by atoms with E-state index in [0.717, 1.165) is 0 Å². The minimum absolute atomic E-state index is 0.0605. The summed E-state index contributed by atoms with van der Waals surface area (Å²) in [6.45, 7) is 0. The molecule has 0 radical (unpaired) electrons. The Balaban J connectivity index is 2.05. The van der Waals surface area contributed by atoms with Crippen molar-refractivity contribution < 1.29 is 8.42 Å². The third-order valence-electron chi connectivity index (χ3n) is 2.66. The van der Waals surface area contributed by atoms with Crippen LogP contribution in [-0.4, -0.2) is 35.9 Å². The van der Waals surface area contributed by atoms with Crippen molar-refractivity contribution in [1.82, 2.24) is 9.97 Å². The van der Waals surface area contributed by atoms with Gasteiger partial charge in [-0.3, -0.25) is 0 Å². The minimum Gasteiger partial charge on any atom is -0.368 e. The molecule has 1 aromatic rings. The van der Waals surface area contributed by atoms with E-state index in [1.807, 2.05) is 0 Å². The molecule has 17 heavy (non-hydrogen) atoms. The molecule has 0 aliphatic carbocycles. The Morgan fingerprint density at radius 2 is 2.06 bits per heavy atom. The van der Waals surface area contributed by atoms with Crippen LogP contribution in [0.15, 0.2) is 6.20 Å². The quantitative estimate of drug-likeness (QED) is 0.825. The minimum atomic E-state index is -2.86. The molecule has 1 fully saturated rings. The Bertz CT molecular complexity index is 506. The molecule has 0 unspecified atom stereocenters. The summed E-state index contributed by atoms with van der Waals surface area (Å²) in [5, 5.41) is 3.48. The van der Waals surface area contributed by atoms with Gasteiger partial charge in [-0.2, -0.15) is 4.98 Å². The summed E-state index contributed by atoms with van der Waals surface area (Å²) >= 11 is 5.91. The van der Waals surface area contributed by atoms with E-state index in [0.29, 0.717) is 23.7 Å². The van der Waals surface area contributed by atoms with E-state index in [4.69, 9.17) is 17.3 Å². The lowest BCUT2D eigenvalue weighted by Gasteiger charge is -2.23. The third-order valence-corrected chi connectivity index (χ3v) is 4.65. The Hall–Kier alpha value is -1.08. The first kappa shape index (κ1) is 12.4. The van der Waals surface area contributed by atoms with Crippen molar-refractivity contribution in [3.8, 4) is 0 Å². The standard InChI is InChI=1S/C9H13ClN4O2S/c10-7-5-12-9(11)14-8(7)13-6-1-3-17(15,16)4-2-6/h5-6H,1-4H2,(H3,11,12,13,14). The van der Waals surface area contributed by atoms with Crippen molar-refractivity contribution in [3.63, 3.8) is 0 Å². The van der Waals surface area contributed by atoms with Gasteiger partial charge >= 0.3 is 0 Å². The van der Waals surface area contributed by atoms with Crippen molar-refractivity contribution >= 4 is 33.2 Å². The SMILES string of the molecule is Nc1ncc(Cl)c(NC2CCS(=O)(=O)CC2)n1. The molecule has 0 atom stereocenters. The van der Waals surface area contributed by atoms with Crippen LogP contribution in [0.3, 0.4) is 0 Å². The van der Waals surface area contributed by atoms with E-state index in [1.54, 1.807) is 0 Å². The van der Waals surface area contributed by atoms with Gasteiger partial charge in [0.15, 0.2) is 5.82 Å². The molecule has 1 saturated heterocycles. The predicted molar refractivity (Wildman–Crippen MR) is 66.8 cm³/mol. The van der Waals surface area contributed by atoms with Gasteiger partial charge < -0.3 is 11.1 Å². The summed E-state index contributed by atoms with van der Waals surface area (Å²) in [6, 6.07) is 0.0605. The van der Waals surface area contributed by atoms with Gasteiger partial charge in [0.05, 0.1) is 17.7 Å².